The Labute approximate surface area is 125 Å². The van der Waals surface area contributed by atoms with E-state index in [-0.39, 0.29) is 0 Å². The van der Waals surface area contributed by atoms with Crippen LogP contribution < -0.4 is 5.32 Å². The van der Waals surface area contributed by atoms with Crippen LogP contribution in [0.2, 0.25) is 0 Å². The number of aryl methyl sites for hydroxylation is 2. The average molecular weight is 285 g/mol. The summed E-state index contributed by atoms with van der Waals surface area (Å²) in [4.78, 5) is 8.91. The van der Waals surface area contributed by atoms with Gasteiger partial charge in [-0.05, 0) is 39.7 Å². The molecule has 2 aromatic heterocycles. The molecule has 1 atom stereocenters. The molecule has 0 aliphatic heterocycles. The van der Waals surface area contributed by atoms with Gasteiger partial charge in [0.1, 0.15) is 5.82 Å². The lowest BCUT2D eigenvalue weighted by molar-refractivity contribution is 0.503. The van der Waals surface area contributed by atoms with Crippen molar-refractivity contribution in [3.63, 3.8) is 0 Å². The Morgan fingerprint density at radius 2 is 2.14 bits per heavy atom. The highest BCUT2D eigenvalue weighted by Crippen LogP contribution is 2.29. The minimum Gasteiger partial charge on any atom is -0.310 e. The van der Waals surface area contributed by atoms with Crippen molar-refractivity contribution in [3.05, 3.63) is 35.0 Å². The zero-order chi connectivity index (χ0) is 14.8. The fraction of sp³-hybridized carbons (Fsp3) is 0.562. The lowest BCUT2D eigenvalue weighted by Crippen LogP contribution is -2.20. The van der Waals surface area contributed by atoms with Crippen molar-refractivity contribution in [2.75, 3.05) is 6.54 Å². The Hall–Kier alpha value is -1.75. The van der Waals surface area contributed by atoms with Gasteiger partial charge in [-0.3, -0.25) is 0 Å². The average Bonchev–Trinajstić information content (AvgIpc) is 2.75. The zero-order valence-corrected chi connectivity index (χ0v) is 13.1. The molecule has 5 heteroatoms. The van der Waals surface area contributed by atoms with Gasteiger partial charge in [0.25, 0.3) is 0 Å². The van der Waals surface area contributed by atoms with E-state index < -0.39 is 0 Å². The maximum absolute atomic E-state index is 4.61. The van der Waals surface area contributed by atoms with Gasteiger partial charge in [-0.2, -0.15) is 5.10 Å². The predicted molar refractivity (Wildman–Crippen MR) is 82.6 cm³/mol. The van der Waals surface area contributed by atoms with Crippen LogP contribution >= 0.6 is 0 Å². The van der Waals surface area contributed by atoms with E-state index in [1.54, 1.807) is 0 Å². The Kier molecular flexibility index (Phi) is 4.01. The molecule has 0 amide bonds. The summed E-state index contributed by atoms with van der Waals surface area (Å²) in [6.45, 7) is 7.08. The first-order valence-electron chi connectivity index (χ1n) is 7.82. The van der Waals surface area contributed by atoms with Crippen molar-refractivity contribution in [1.82, 2.24) is 25.1 Å². The summed E-state index contributed by atoms with van der Waals surface area (Å²) in [7, 11) is 0. The van der Waals surface area contributed by atoms with Crippen molar-refractivity contribution in [3.8, 4) is 5.82 Å². The summed E-state index contributed by atoms with van der Waals surface area (Å²) in [5.41, 5.74) is 3.62. The smallest absolute Gasteiger partial charge is 0.157 e. The van der Waals surface area contributed by atoms with Crippen molar-refractivity contribution >= 4 is 0 Å². The number of aromatic nitrogens is 4. The standard InChI is InChI=1S/C16H23N5/c1-4-17-14-7-5-6-8-15-13(14)10-18-21(15)16-9-11(2)19-12(3)20-16/h9-10,14,17H,4-8H2,1-3H3. The van der Waals surface area contributed by atoms with E-state index in [2.05, 4.69) is 27.3 Å². The van der Waals surface area contributed by atoms with Gasteiger partial charge in [-0.25, -0.2) is 14.6 Å². The summed E-state index contributed by atoms with van der Waals surface area (Å²) in [6, 6.07) is 2.43. The van der Waals surface area contributed by atoms with Gasteiger partial charge in [0.15, 0.2) is 5.82 Å². The van der Waals surface area contributed by atoms with Gasteiger partial charge in [0, 0.05) is 23.4 Å². The van der Waals surface area contributed by atoms with E-state index in [1.807, 2.05) is 30.8 Å². The second-order valence-electron chi connectivity index (χ2n) is 5.73. The number of nitrogens with zero attached hydrogens (tertiary/aromatic N) is 4. The topological polar surface area (TPSA) is 55.6 Å². The van der Waals surface area contributed by atoms with Crippen LogP contribution in [0.3, 0.4) is 0 Å². The molecule has 1 N–H and O–H groups in total. The third-order valence-corrected chi connectivity index (χ3v) is 4.05. The summed E-state index contributed by atoms with van der Waals surface area (Å²) in [5, 5.41) is 8.19. The first-order chi connectivity index (χ1) is 10.2. The van der Waals surface area contributed by atoms with Gasteiger partial charge in [0.2, 0.25) is 0 Å². The SMILES string of the molecule is CCNC1CCCCc2c1cnn2-c1cc(C)nc(C)n1. The van der Waals surface area contributed by atoms with Gasteiger partial charge < -0.3 is 5.32 Å². The molecule has 0 fully saturated rings. The summed E-state index contributed by atoms with van der Waals surface area (Å²) in [6.07, 6.45) is 6.74. The highest BCUT2D eigenvalue weighted by atomic mass is 15.3. The lowest BCUT2D eigenvalue weighted by Gasteiger charge is -2.15. The third-order valence-electron chi connectivity index (χ3n) is 4.05. The van der Waals surface area contributed by atoms with E-state index in [4.69, 9.17) is 0 Å². The highest BCUT2D eigenvalue weighted by molar-refractivity contribution is 5.33. The van der Waals surface area contributed by atoms with Gasteiger partial charge in [-0.15, -0.1) is 0 Å². The quantitative estimate of drug-likeness (QED) is 0.881. The number of nitrogens with one attached hydrogen (secondary N) is 1. The molecule has 0 saturated heterocycles. The molecule has 2 aromatic rings. The van der Waals surface area contributed by atoms with Crippen molar-refractivity contribution in [1.29, 1.82) is 0 Å². The van der Waals surface area contributed by atoms with E-state index in [0.717, 1.165) is 30.3 Å². The molecule has 0 radical (unpaired) electrons. The van der Waals surface area contributed by atoms with Crippen LogP contribution in [0.5, 0.6) is 0 Å². The van der Waals surface area contributed by atoms with E-state index in [0.29, 0.717) is 6.04 Å². The molecular formula is C16H23N5. The van der Waals surface area contributed by atoms with Crippen molar-refractivity contribution < 1.29 is 0 Å². The number of rotatable bonds is 3. The molecule has 5 nitrogen and oxygen atoms in total. The highest BCUT2D eigenvalue weighted by Gasteiger charge is 2.23. The zero-order valence-electron chi connectivity index (χ0n) is 13.1. The number of hydrogen-bond acceptors (Lipinski definition) is 4. The van der Waals surface area contributed by atoms with Crippen LogP contribution in [0.1, 0.15) is 55.0 Å². The molecule has 3 rings (SSSR count). The van der Waals surface area contributed by atoms with E-state index in [1.165, 1.54) is 30.5 Å². The van der Waals surface area contributed by atoms with Crippen LogP contribution in [0.25, 0.3) is 5.82 Å². The minimum absolute atomic E-state index is 0.422. The second-order valence-corrected chi connectivity index (χ2v) is 5.73. The molecule has 0 spiro atoms. The molecule has 1 unspecified atom stereocenters. The molecule has 1 aliphatic carbocycles. The number of hydrogen-bond donors (Lipinski definition) is 1. The van der Waals surface area contributed by atoms with E-state index in [9.17, 15) is 0 Å². The first kappa shape index (κ1) is 14.2. The predicted octanol–water partition coefficient (Wildman–Crippen LogP) is 2.66. The first-order valence-corrected chi connectivity index (χ1v) is 7.82. The molecular weight excluding hydrogens is 262 g/mol. The Morgan fingerprint density at radius 3 is 2.90 bits per heavy atom. The Balaban J connectivity index is 2.05. The van der Waals surface area contributed by atoms with Crippen LogP contribution in [-0.2, 0) is 6.42 Å². The molecule has 0 bridgehead atoms. The maximum Gasteiger partial charge on any atom is 0.157 e. The summed E-state index contributed by atoms with van der Waals surface area (Å²) >= 11 is 0. The number of fused-ring (bicyclic) bond motifs is 1. The Morgan fingerprint density at radius 1 is 1.29 bits per heavy atom. The van der Waals surface area contributed by atoms with Crippen molar-refractivity contribution in [2.24, 2.45) is 0 Å². The van der Waals surface area contributed by atoms with Crippen LogP contribution in [0.15, 0.2) is 12.3 Å². The van der Waals surface area contributed by atoms with E-state index >= 15 is 0 Å². The van der Waals surface area contributed by atoms with Gasteiger partial charge in [-0.1, -0.05) is 13.3 Å². The third kappa shape index (κ3) is 2.83. The largest absolute Gasteiger partial charge is 0.310 e. The van der Waals surface area contributed by atoms with Gasteiger partial charge in [0.05, 0.1) is 11.9 Å². The van der Waals surface area contributed by atoms with Crippen molar-refractivity contribution in [2.45, 2.75) is 52.5 Å². The normalized spacial score (nSPS) is 18.3. The monoisotopic (exact) mass is 285 g/mol. The summed E-state index contributed by atoms with van der Waals surface area (Å²) in [5.74, 6) is 1.68. The fourth-order valence-electron chi connectivity index (χ4n) is 3.19. The molecule has 21 heavy (non-hydrogen) atoms. The second kappa shape index (κ2) is 5.93. The van der Waals surface area contributed by atoms with Crippen LogP contribution in [0.4, 0.5) is 0 Å². The minimum atomic E-state index is 0.422. The summed E-state index contributed by atoms with van der Waals surface area (Å²) < 4.78 is 2.01. The maximum atomic E-state index is 4.61. The van der Waals surface area contributed by atoms with Gasteiger partial charge >= 0.3 is 0 Å². The lowest BCUT2D eigenvalue weighted by atomic mass is 10.1. The molecule has 112 valence electrons. The molecule has 0 saturated carbocycles. The molecule has 0 aromatic carbocycles. The molecule has 1 aliphatic rings. The molecule has 2 heterocycles. The van der Waals surface area contributed by atoms with Crippen LogP contribution in [0, 0.1) is 13.8 Å². The fourth-order valence-corrected chi connectivity index (χ4v) is 3.19. The Bertz CT molecular complexity index is 611. The van der Waals surface area contributed by atoms with Crippen LogP contribution in [-0.4, -0.2) is 26.3 Å².